The second-order valence-electron chi connectivity index (χ2n) is 9.23. The van der Waals surface area contributed by atoms with Crippen LogP contribution in [0.1, 0.15) is 74.6 Å². The molecule has 0 bridgehead atoms. The number of carboxylic acid groups (broad SMARTS) is 1. The maximum atomic E-state index is 13.5. The highest BCUT2D eigenvalue weighted by Crippen LogP contribution is 2.33. The fourth-order valence-electron chi connectivity index (χ4n) is 4.85. The summed E-state index contributed by atoms with van der Waals surface area (Å²) in [6, 6.07) is 9.18. The zero-order chi connectivity index (χ0) is 23.9. The molecule has 0 radical (unpaired) electrons. The summed E-state index contributed by atoms with van der Waals surface area (Å²) in [6.07, 6.45) is 4.00. The average Bonchev–Trinajstić information content (AvgIpc) is 2.81. The molecule has 4 aromatic rings. The first kappa shape index (κ1) is 22.9. The lowest BCUT2D eigenvalue weighted by atomic mass is 9.88. The van der Waals surface area contributed by atoms with E-state index in [-0.39, 0.29) is 17.2 Å². The van der Waals surface area contributed by atoms with Gasteiger partial charge in [-0.05, 0) is 42.4 Å². The zero-order valence-electron chi connectivity index (χ0n) is 20.0. The summed E-state index contributed by atoms with van der Waals surface area (Å²) >= 11 is 0. The second kappa shape index (κ2) is 8.93. The molecule has 0 spiro atoms. The highest BCUT2D eigenvalue weighted by atomic mass is 16.4. The van der Waals surface area contributed by atoms with E-state index in [1.165, 1.54) is 11.6 Å². The molecule has 0 saturated carbocycles. The third-order valence-corrected chi connectivity index (χ3v) is 6.81. The summed E-state index contributed by atoms with van der Waals surface area (Å²) in [5.74, 6) is -0.343. The van der Waals surface area contributed by atoms with Crippen molar-refractivity contribution in [3.8, 4) is 0 Å². The molecule has 0 amide bonds. The quantitative estimate of drug-likeness (QED) is 0.286. The van der Waals surface area contributed by atoms with Gasteiger partial charge in [0.1, 0.15) is 11.2 Å². The topological polar surface area (TPSA) is 85.1 Å². The van der Waals surface area contributed by atoms with Gasteiger partial charge in [0, 0.05) is 28.9 Å². The van der Waals surface area contributed by atoms with Crippen molar-refractivity contribution in [3.05, 3.63) is 57.6 Å². The van der Waals surface area contributed by atoms with Gasteiger partial charge in [0.2, 0.25) is 0 Å². The van der Waals surface area contributed by atoms with E-state index in [0.29, 0.717) is 22.5 Å². The molecule has 0 fully saturated rings. The van der Waals surface area contributed by atoms with E-state index in [9.17, 15) is 14.7 Å². The fraction of sp³-hybridized carbons (Fsp3) is 0.407. The molecular formula is C27H31N3O3. The van der Waals surface area contributed by atoms with Gasteiger partial charge in [0.05, 0.1) is 11.0 Å². The zero-order valence-corrected chi connectivity index (χ0v) is 20.0. The lowest BCUT2D eigenvalue weighted by molar-refractivity contribution is 0.0691. The number of hydrogen-bond acceptors (Lipinski definition) is 4. The molecule has 1 N–H and O–H groups in total. The monoisotopic (exact) mass is 445 g/mol. The molecule has 0 saturated heterocycles. The standard InChI is InChI=1S/C27H31N3O3/c1-6-8-16(4)25-20(13-15(3)7-2)19-14-18-10-9-17-11-12-21(27(32)33)28-22(17)23(18)29-24(19)26(31)30(25)5/h9-12,14-16H,6-8,13H2,1-5H3,(H,32,33). The third-order valence-electron chi connectivity index (χ3n) is 6.81. The number of aromatic carboxylic acids is 1. The van der Waals surface area contributed by atoms with Gasteiger partial charge in [-0.25, -0.2) is 14.8 Å². The van der Waals surface area contributed by atoms with Crippen LogP contribution >= 0.6 is 0 Å². The first-order valence-corrected chi connectivity index (χ1v) is 11.8. The summed E-state index contributed by atoms with van der Waals surface area (Å²) in [5, 5.41) is 12.0. The maximum Gasteiger partial charge on any atom is 0.354 e. The minimum atomic E-state index is -1.09. The van der Waals surface area contributed by atoms with Crippen molar-refractivity contribution >= 4 is 38.7 Å². The summed E-state index contributed by atoms with van der Waals surface area (Å²) in [4.78, 5) is 34.2. The second-order valence-corrected chi connectivity index (χ2v) is 9.23. The van der Waals surface area contributed by atoms with Crippen molar-refractivity contribution in [2.45, 2.75) is 59.3 Å². The number of aromatic nitrogens is 3. The van der Waals surface area contributed by atoms with Gasteiger partial charge in [-0.15, -0.1) is 0 Å². The van der Waals surface area contributed by atoms with Crippen LogP contribution in [-0.4, -0.2) is 25.6 Å². The Bertz CT molecular complexity index is 1440. The molecule has 6 nitrogen and oxygen atoms in total. The molecule has 172 valence electrons. The van der Waals surface area contributed by atoms with E-state index in [1.54, 1.807) is 10.6 Å². The van der Waals surface area contributed by atoms with Gasteiger partial charge in [0.25, 0.3) is 5.56 Å². The summed E-state index contributed by atoms with van der Waals surface area (Å²) in [7, 11) is 1.85. The van der Waals surface area contributed by atoms with E-state index < -0.39 is 5.97 Å². The summed E-state index contributed by atoms with van der Waals surface area (Å²) < 4.78 is 1.78. The number of hydrogen-bond donors (Lipinski definition) is 1. The van der Waals surface area contributed by atoms with E-state index in [2.05, 4.69) is 32.7 Å². The van der Waals surface area contributed by atoms with Gasteiger partial charge in [0.15, 0.2) is 0 Å². The molecule has 1 aromatic carbocycles. The largest absolute Gasteiger partial charge is 0.477 e. The van der Waals surface area contributed by atoms with Crippen LogP contribution in [0.4, 0.5) is 0 Å². The first-order chi connectivity index (χ1) is 15.8. The van der Waals surface area contributed by atoms with Crippen LogP contribution in [0, 0.1) is 5.92 Å². The average molecular weight is 446 g/mol. The Morgan fingerprint density at radius 3 is 2.36 bits per heavy atom. The third kappa shape index (κ3) is 3.99. The van der Waals surface area contributed by atoms with Crippen LogP contribution in [0.15, 0.2) is 35.1 Å². The van der Waals surface area contributed by atoms with Crippen LogP contribution in [0.5, 0.6) is 0 Å². The molecule has 4 rings (SSSR count). The lowest BCUT2D eigenvalue weighted by Gasteiger charge is -2.23. The van der Waals surface area contributed by atoms with Crippen LogP contribution in [-0.2, 0) is 13.5 Å². The summed E-state index contributed by atoms with van der Waals surface area (Å²) in [6.45, 7) is 8.80. The highest BCUT2D eigenvalue weighted by Gasteiger charge is 2.22. The Balaban J connectivity index is 2.12. The molecule has 0 aliphatic rings. The predicted octanol–water partition coefficient (Wildman–Crippen LogP) is 5.83. The molecule has 6 heteroatoms. The Labute approximate surface area is 193 Å². The molecule has 0 aliphatic carbocycles. The van der Waals surface area contributed by atoms with Crippen molar-refractivity contribution < 1.29 is 9.90 Å². The smallest absolute Gasteiger partial charge is 0.354 e. The number of rotatable bonds is 7. The molecule has 0 aliphatic heterocycles. The van der Waals surface area contributed by atoms with E-state index in [1.807, 2.05) is 25.2 Å². The minimum absolute atomic E-state index is 0.0361. The van der Waals surface area contributed by atoms with Crippen molar-refractivity contribution in [1.29, 1.82) is 0 Å². The normalized spacial score (nSPS) is 13.6. The number of carbonyl (C=O) groups is 1. The summed E-state index contributed by atoms with van der Waals surface area (Å²) in [5.41, 5.74) is 3.63. The molecule has 3 heterocycles. The van der Waals surface area contributed by atoms with Crippen molar-refractivity contribution in [2.24, 2.45) is 13.0 Å². The SMILES string of the molecule is CCCC(C)c1c(CC(C)CC)c2cc3ccc4ccc(C(=O)O)nc4c3nc2c(=O)n1C. The van der Waals surface area contributed by atoms with Gasteiger partial charge in [-0.2, -0.15) is 0 Å². The van der Waals surface area contributed by atoms with Crippen molar-refractivity contribution in [3.63, 3.8) is 0 Å². The molecular weight excluding hydrogens is 414 g/mol. The molecule has 2 unspecified atom stereocenters. The predicted molar refractivity (Wildman–Crippen MR) is 133 cm³/mol. The Morgan fingerprint density at radius 2 is 1.70 bits per heavy atom. The van der Waals surface area contributed by atoms with Crippen LogP contribution in [0.2, 0.25) is 0 Å². The number of carboxylic acids is 1. The van der Waals surface area contributed by atoms with E-state index in [4.69, 9.17) is 4.98 Å². The fourth-order valence-corrected chi connectivity index (χ4v) is 4.85. The number of pyridine rings is 3. The lowest BCUT2D eigenvalue weighted by Crippen LogP contribution is -2.26. The van der Waals surface area contributed by atoms with Gasteiger partial charge in [-0.1, -0.05) is 58.7 Å². The number of nitrogens with zero attached hydrogens (tertiary/aromatic N) is 3. The van der Waals surface area contributed by atoms with Crippen molar-refractivity contribution in [2.75, 3.05) is 0 Å². The highest BCUT2D eigenvalue weighted by molar-refractivity contribution is 6.07. The molecule has 2 atom stereocenters. The van der Waals surface area contributed by atoms with Crippen LogP contribution < -0.4 is 5.56 Å². The van der Waals surface area contributed by atoms with Crippen LogP contribution in [0.3, 0.4) is 0 Å². The molecule has 3 aromatic heterocycles. The maximum absolute atomic E-state index is 13.5. The van der Waals surface area contributed by atoms with E-state index in [0.717, 1.165) is 47.5 Å². The Hall–Kier alpha value is -3.28. The van der Waals surface area contributed by atoms with Gasteiger partial charge in [-0.3, -0.25) is 4.79 Å². The van der Waals surface area contributed by atoms with Crippen LogP contribution in [0.25, 0.3) is 32.7 Å². The Morgan fingerprint density at radius 1 is 1.03 bits per heavy atom. The minimum Gasteiger partial charge on any atom is -0.477 e. The van der Waals surface area contributed by atoms with Gasteiger partial charge >= 0.3 is 5.97 Å². The Kier molecular flexibility index (Phi) is 6.19. The first-order valence-electron chi connectivity index (χ1n) is 11.8. The van der Waals surface area contributed by atoms with Gasteiger partial charge < -0.3 is 9.67 Å². The number of fused-ring (bicyclic) bond motifs is 4. The van der Waals surface area contributed by atoms with E-state index >= 15 is 0 Å². The van der Waals surface area contributed by atoms with Crippen molar-refractivity contribution in [1.82, 2.24) is 14.5 Å². The number of benzene rings is 1. The molecule has 33 heavy (non-hydrogen) atoms.